The molecule has 1 aliphatic heterocycles. The van der Waals surface area contributed by atoms with Gasteiger partial charge in [0.2, 0.25) is 0 Å². The lowest BCUT2D eigenvalue weighted by atomic mass is 10.0. The van der Waals surface area contributed by atoms with Crippen LogP contribution in [0.1, 0.15) is 46.0 Å². The fraction of sp³-hybridized carbons (Fsp3) is 0.188. The monoisotopic (exact) mass is 375 g/mol. The van der Waals surface area contributed by atoms with Crippen LogP contribution >= 0.6 is 15.9 Å². The Morgan fingerprint density at radius 2 is 1.83 bits per heavy atom. The standard InChI is InChI=1S/C16H14BrN3O3/c1-7(2)8-3-4-11(10(17)5-8)20-12(21)6-9-13(14(20)18)16(23)19-15(9)22/h3-7H,18H2,1-2H3,(H,19,22,23). The number of nitrogens with two attached hydrogens (primary N) is 1. The summed E-state index contributed by atoms with van der Waals surface area (Å²) >= 11 is 3.45. The first-order valence-corrected chi connectivity index (χ1v) is 7.81. The molecule has 1 aromatic heterocycles. The van der Waals surface area contributed by atoms with Crippen molar-refractivity contribution in [3.63, 3.8) is 0 Å². The molecule has 3 rings (SSSR count). The molecular formula is C16H14BrN3O3. The van der Waals surface area contributed by atoms with Crippen molar-refractivity contribution in [1.29, 1.82) is 0 Å². The van der Waals surface area contributed by atoms with Gasteiger partial charge in [0, 0.05) is 10.5 Å². The maximum absolute atomic E-state index is 12.4. The number of rotatable bonds is 2. The van der Waals surface area contributed by atoms with Crippen molar-refractivity contribution in [2.75, 3.05) is 5.73 Å². The third-order valence-electron chi connectivity index (χ3n) is 3.83. The van der Waals surface area contributed by atoms with Crippen LogP contribution in [-0.4, -0.2) is 16.4 Å². The molecule has 0 radical (unpaired) electrons. The summed E-state index contributed by atoms with van der Waals surface area (Å²) in [5.41, 5.74) is 7.22. The van der Waals surface area contributed by atoms with Gasteiger partial charge in [0.05, 0.1) is 16.8 Å². The molecular weight excluding hydrogens is 362 g/mol. The van der Waals surface area contributed by atoms with Crippen LogP contribution in [0.2, 0.25) is 0 Å². The first-order valence-electron chi connectivity index (χ1n) is 7.02. The van der Waals surface area contributed by atoms with Gasteiger partial charge in [-0.05, 0) is 39.5 Å². The summed E-state index contributed by atoms with van der Waals surface area (Å²) in [5.74, 6) is -0.909. The molecule has 0 saturated carbocycles. The summed E-state index contributed by atoms with van der Waals surface area (Å²) in [6.07, 6.45) is 0. The molecule has 1 aromatic carbocycles. The van der Waals surface area contributed by atoms with Crippen molar-refractivity contribution in [1.82, 2.24) is 9.88 Å². The molecule has 0 bridgehead atoms. The molecule has 0 unspecified atom stereocenters. The zero-order valence-corrected chi connectivity index (χ0v) is 14.1. The maximum atomic E-state index is 12.4. The Bertz CT molecular complexity index is 916. The number of hydrogen-bond acceptors (Lipinski definition) is 4. The summed E-state index contributed by atoms with van der Waals surface area (Å²) in [5, 5.41) is 2.15. The molecule has 2 aromatic rings. The Balaban J connectivity index is 2.27. The predicted octanol–water partition coefficient (Wildman–Crippen LogP) is 2.19. The lowest BCUT2D eigenvalue weighted by Gasteiger charge is -2.15. The number of pyridine rings is 1. The van der Waals surface area contributed by atoms with Gasteiger partial charge in [-0.3, -0.25) is 24.3 Å². The largest absolute Gasteiger partial charge is 0.384 e. The molecule has 0 fully saturated rings. The number of anilines is 1. The van der Waals surface area contributed by atoms with E-state index in [1.165, 1.54) is 4.57 Å². The summed E-state index contributed by atoms with van der Waals surface area (Å²) < 4.78 is 1.91. The lowest BCUT2D eigenvalue weighted by Crippen LogP contribution is -2.24. The molecule has 3 N–H and O–H groups in total. The second-order valence-corrected chi connectivity index (χ2v) is 6.50. The zero-order valence-electron chi connectivity index (χ0n) is 12.5. The van der Waals surface area contributed by atoms with Gasteiger partial charge in [-0.1, -0.05) is 19.9 Å². The summed E-state index contributed by atoms with van der Waals surface area (Å²) in [4.78, 5) is 35.9. The highest BCUT2D eigenvalue weighted by atomic mass is 79.9. The summed E-state index contributed by atoms with van der Waals surface area (Å²) in [7, 11) is 0. The van der Waals surface area contributed by atoms with Crippen LogP contribution in [0.4, 0.5) is 5.82 Å². The van der Waals surface area contributed by atoms with Crippen LogP contribution in [0.3, 0.4) is 0 Å². The molecule has 0 aliphatic carbocycles. The number of hydrogen-bond donors (Lipinski definition) is 2. The van der Waals surface area contributed by atoms with E-state index >= 15 is 0 Å². The van der Waals surface area contributed by atoms with E-state index in [4.69, 9.17) is 5.73 Å². The highest BCUT2D eigenvalue weighted by molar-refractivity contribution is 9.10. The minimum Gasteiger partial charge on any atom is -0.384 e. The minimum absolute atomic E-state index is 0.0173. The third kappa shape index (κ3) is 2.37. The first kappa shape index (κ1) is 15.5. The lowest BCUT2D eigenvalue weighted by molar-refractivity contribution is 0.0880. The smallest absolute Gasteiger partial charge is 0.262 e. The number of amides is 2. The topological polar surface area (TPSA) is 94.2 Å². The second-order valence-electron chi connectivity index (χ2n) is 5.64. The quantitative estimate of drug-likeness (QED) is 0.786. The Hall–Kier alpha value is -2.41. The molecule has 7 heteroatoms. The van der Waals surface area contributed by atoms with Crippen LogP contribution in [0.5, 0.6) is 0 Å². The van der Waals surface area contributed by atoms with Gasteiger partial charge in [-0.2, -0.15) is 0 Å². The summed E-state index contributed by atoms with van der Waals surface area (Å²) in [6, 6.07) is 6.70. The van der Waals surface area contributed by atoms with E-state index in [0.29, 0.717) is 16.1 Å². The number of carbonyl (C=O) groups is 2. The van der Waals surface area contributed by atoms with Gasteiger partial charge in [-0.25, -0.2) is 0 Å². The van der Waals surface area contributed by atoms with E-state index in [2.05, 4.69) is 35.1 Å². The Morgan fingerprint density at radius 3 is 2.43 bits per heavy atom. The Morgan fingerprint density at radius 1 is 1.13 bits per heavy atom. The Labute approximate surface area is 140 Å². The normalized spacial score (nSPS) is 13.4. The molecule has 0 spiro atoms. The minimum atomic E-state index is -0.602. The van der Waals surface area contributed by atoms with E-state index in [0.717, 1.165) is 11.6 Å². The van der Waals surface area contributed by atoms with Crippen molar-refractivity contribution in [3.05, 3.63) is 55.8 Å². The van der Waals surface area contributed by atoms with Gasteiger partial charge in [0.25, 0.3) is 17.4 Å². The van der Waals surface area contributed by atoms with Crippen molar-refractivity contribution in [2.45, 2.75) is 19.8 Å². The molecule has 6 nitrogen and oxygen atoms in total. The van der Waals surface area contributed by atoms with Crippen molar-refractivity contribution < 1.29 is 9.59 Å². The van der Waals surface area contributed by atoms with E-state index in [1.54, 1.807) is 6.07 Å². The molecule has 118 valence electrons. The number of nitrogens with zero attached hydrogens (tertiary/aromatic N) is 1. The average Bonchev–Trinajstić information content (AvgIpc) is 2.75. The SMILES string of the molecule is CC(C)c1ccc(-n2c(N)c3c(cc2=O)C(=O)NC3=O)c(Br)c1. The Kier molecular flexibility index (Phi) is 3.60. The molecule has 2 amide bonds. The van der Waals surface area contributed by atoms with E-state index in [1.807, 2.05) is 12.1 Å². The number of nitrogens with one attached hydrogen (secondary N) is 1. The van der Waals surface area contributed by atoms with E-state index in [9.17, 15) is 14.4 Å². The zero-order chi connectivity index (χ0) is 16.9. The van der Waals surface area contributed by atoms with Crippen molar-refractivity contribution in [2.24, 2.45) is 0 Å². The van der Waals surface area contributed by atoms with Crippen LogP contribution in [-0.2, 0) is 0 Å². The fourth-order valence-electron chi connectivity index (χ4n) is 2.59. The van der Waals surface area contributed by atoms with Crippen molar-refractivity contribution in [3.8, 4) is 5.69 Å². The van der Waals surface area contributed by atoms with Crippen LogP contribution in [0, 0.1) is 0 Å². The molecule has 23 heavy (non-hydrogen) atoms. The summed E-state index contributed by atoms with van der Waals surface area (Å²) in [6.45, 7) is 4.13. The first-order chi connectivity index (χ1) is 10.8. The van der Waals surface area contributed by atoms with Crippen LogP contribution in [0.25, 0.3) is 5.69 Å². The van der Waals surface area contributed by atoms with Gasteiger partial charge < -0.3 is 5.73 Å². The maximum Gasteiger partial charge on any atom is 0.262 e. The predicted molar refractivity (Wildman–Crippen MR) is 90.0 cm³/mol. The number of fused-ring (bicyclic) bond motifs is 1. The van der Waals surface area contributed by atoms with Crippen LogP contribution < -0.4 is 16.6 Å². The fourth-order valence-corrected chi connectivity index (χ4v) is 3.17. The molecule has 2 heterocycles. The molecule has 0 atom stereocenters. The number of benzene rings is 1. The number of carbonyl (C=O) groups excluding carboxylic acids is 2. The second kappa shape index (κ2) is 5.34. The molecule has 1 aliphatic rings. The van der Waals surface area contributed by atoms with Crippen molar-refractivity contribution >= 4 is 33.6 Å². The number of imide groups is 1. The van der Waals surface area contributed by atoms with Gasteiger partial charge in [0.15, 0.2) is 0 Å². The van der Waals surface area contributed by atoms with Crippen LogP contribution in [0.15, 0.2) is 33.5 Å². The highest BCUT2D eigenvalue weighted by Gasteiger charge is 2.32. The molecule has 0 saturated heterocycles. The average molecular weight is 376 g/mol. The van der Waals surface area contributed by atoms with Gasteiger partial charge in [-0.15, -0.1) is 0 Å². The number of halogens is 1. The van der Waals surface area contributed by atoms with E-state index < -0.39 is 17.4 Å². The number of nitrogen functional groups attached to an aromatic ring is 1. The van der Waals surface area contributed by atoms with Gasteiger partial charge in [0.1, 0.15) is 5.82 Å². The highest BCUT2D eigenvalue weighted by Crippen LogP contribution is 2.29. The van der Waals surface area contributed by atoms with E-state index in [-0.39, 0.29) is 16.9 Å². The third-order valence-corrected chi connectivity index (χ3v) is 4.47. The number of aromatic nitrogens is 1. The van der Waals surface area contributed by atoms with Gasteiger partial charge >= 0.3 is 0 Å².